The van der Waals surface area contributed by atoms with Crippen molar-refractivity contribution in [3.63, 3.8) is 0 Å². The third kappa shape index (κ3) is 3.71. The molecule has 0 fully saturated rings. The molecule has 102 valence electrons. The van der Waals surface area contributed by atoms with E-state index in [-0.39, 0.29) is 5.41 Å². The van der Waals surface area contributed by atoms with Gasteiger partial charge >= 0.3 is 0 Å². The van der Waals surface area contributed by atoms with Crippen LogP contribution in [0.5, 0.6) is 0 Å². The lowest BCUT2D eigenvalue weighted by Crippen LogP contribution is -2.25. The minimum atomic E-state index is -3.40. The summed E-state index contributed by atoms with van der Waals surface area (Å²) < 4.78 is 25.6. The Morgan fingerprint density at radius 2 is 1.72 bits per heavy atom. The molecule has 0 atom stereocenters. The van der Waals surface area contributed by atoms with Crippen molar-refractivity contribution in [2.75, 3.05) is 26.0 Å². The van der Waals surface area contributed by atoms with Crippen LogP contribution < -0.4 is 5.32 Å². The van der Waals surface area contributed by atoms with Gasteiger partial charge in [0, 0.05) is 20.6 Å². The monoisotopic (exact) mass is 270 g/mol. The average molecular weight is 270 g/mol. The predicted octanol–water partition coefficient (Wildman–Crippen LogP) is 2.39. The molecule has 0 radical (unpaired) electrons. The van der Waals surface area contributed by atoms with Gasteiger partial charge in [-0.15, -0.1) is 0 Å². The molecule has 0 aliphatic rings. The van der Waals surface area contributed by atoms with Gasteiger partial charge in [-0.05, 0) is 17.5 Å². The molecule has 0 saturated carbocycles. The SMILES string of the molecule is CN(C)S(=O)(=O)c1ccccc1NCC(C)(C)C. The summed E-state index contributed by atoms with van der Waals surface area (Å²) in [6.45, 7) is 7.02. The van der Waals surface area contributed by atoms with Crippen molar-refractivity contribution in [2.24, 2.45) is 5.41 Å². The highest BCUT2D eigenvalue weighted by Crippen LogP contribution is 2.24. The number of rotatable bonds is 4. The second-order valence-electron chi connectivity index (χ2n) is 5.70. The van der Waals surface area contributed by atoms with E-state index in [1.165, 1.54) is 18.4 Å². The molecular weight excluding hydrogens is 248 g/mol. The van der Waals surface area contributed by atoms with Gasteiger partial charge in [0.2, 0.25) is 10.0 Å². The average Bonchev–Trinajstić information content (AvgIpc) is 2.25. The highest BCUT2D eigenvalue weighted by molar-refractivity contribution is 7.89. The number of nitrogens with one attached hydrogen (secondary N) is 1. The van der Waals surface area contributed by atoms with Crippen LogP contribution in [0.4, 0.5) is 5.69 Å². The van der Waals surface area contributed by atoms with E-state index in [0.29, 0.717) is 17.1 Å². The van der Waals surface area contributed by atoms with E-state index in [9.17, 15) is 8.42 Å². The molecule has 4 nitrogen and oxygen atoms in total. The maximum Gasteiger partial charge on any atom is 0.244 e. The minimum absolute atomic E-state index is 0.0923. The second kappa shape index (κ2) is 5.28. The molecule has 0 heterocycles. The molecule has 5 heteroatoms. The van der Waals surface area contributed by atoms with Crippen LogP contribution >= 0.6 is 0 Å². The van der Waals surface area contributed by atoms with Crippen molar-refractivity contribution < 1.29 is 8.42 Å². The van der Waals surface area contributed by atoms with Crippen LogP contribution in [0.2, 0.25) is 0 Å². The third-order valence-corrected chi connectivity index (χ3v) is 4.33. The van der Waals surface area contributed by atoms with Gasteiger partial charge in [0.1, 0.15) is 4.90 Å². The molecule has 1 N–H and O–H groups in total. The summed E-state index contributed by atoms with van der Waals surface area (Å²) >= 11 is 0. The van der Waals surface area contributed by atoms with Crippen molar-refractivity contribution in [1.29, 1.82) is 0 Å². The smallest absolute Gasteiger partial charge is 0.244 e. The van der Waals surface area contributed by atoms with Gasteiger partial charge in [0.05, 0.1) is 5.69 Å². The molecule has 0 aliphatic carbocycles. The molecule has 0 aliphatic heterocycles. The second-order valence-corrected chi connectivity index (χ2v) is 7.82. The van der Waals surface area contributed by atoms with Gasteiger partial charge in [0.25, 0.3) is 0 Å². The van der Waals surface area contributed by atoms with E-state index in [4.69, 9.17) is 0 Å². The summed E-state index contributed by atoms with van der Waals surface area (Å²) in [6, 6.07) is 6.99. The van der Waals surface area contributed by atoms with Crippen LogP contribution in [0.1, 0.15) is 20.8 Å². The Balaban J connectivity index is 3.08. The third-order valence-electron chi connectivity index (χ3n) is 2.45. The molecule has 1 aromatic rings. The summed E-state index contributed by atoms with van der Waals surface area (Å²) in [5.74, 6) is 0. The van der Waals surface area contributed by atoms with Crippen LogP contribution in [0, 0.1) is 5.41 Å². The normalized spacial score (nSPS) is 12.8. The van der Waals surface area contributed by atoms with Gasteiger partial charge in [-0.2, -0.15) is 0 Å². The number of anilines is 1. The number of sulfonamides is 1. The molecule has 0 spiro atoms. The number of hydrogen-bond acceptors (Lipinski definition) is 3. The molecule has 18 heavy (non-hydrogen) atoms. The van der Waals surface area contributed by atoms with E-state index in [1.54, 1.807) is 18.2 Å². The zero-order valence-electron chi connectivity index (χ0n) is 11.7. The van der Waals surface area contributed by atoms with E-state index in [2.05, 4.69) is 26.1 Å². The van der Waals surface area contributed by atoms with Crippen LogP contribution in [0.3, 0.4) is 0 Å². The number of benzene rings is 1. The largest absolute Gasteiger partial charge is 0.383 e. The Hall–Kier alpha value is -1.07. The van der Waals surface area contributed by atoms with Gasteiger partial charge < -0.3 is 5.32 Å². The van der Waals surface area contributed by atoms with Gasteiger partial charge in [-0.1, -0.05) is 32.9 Å². The Morgan fingerprint density at radius 1 is 1.17 bits per heavy atom. The topological polar surface area (TPSA) is 49.4 Å². The Morgan fingerprint density at radius 3 is 2.22 bits per heavy atom. The molecule has 0 aromatic heterocycles. The highest BCUT2D eigenvalue weighted by atomic mass is 32.2. The highest BCUT2D eigenvalue weighted by Gasteiger charge is 2.21. The Kier molecular flexibility index (Phi) is 4.40. The fourth-order valence-electron chi connectivity index (χ4n) is 1.39. The minimum Gasteiger partial charge on any atom is -0.383 e. The Labute approximate surface area is 110 Å². The first kappa shape index (κ1) is 15.0. The lowest BCUT2D eigenvalue weighted by atomic mass is 9.97. The van der Waals surface area contributed by atoms with Crippen LogP contribution in [0.15, 0.2) is 29.2 Å². The first-order valence-electron chi connectivity index (χ1n) is 5.90. The standard InChI is InChI=1S/C13H22N2O2S/c1-13(2,3)10-14-11-8-6-7-9-12(11)18(16,17)15(4)5/h6-9,14H,10H2,1-5H3. The zero-order chi connectivity index (χ0) is 14.0. The molecule has 1 rings (SSSR count). The lowest BCUT2D eigenvalue weighted by molar-refractivity contribution is 0.442. The number of nitrogens with zero attached hydrogens (tertiary/aromatic N) is 1. The van der Waals surface area contributed by atoms with Crippen LogP contribution in [0.25, 0.3) is 0 Å². The van der Waals surface area contributed by atoms with Gasteiger partial charge in [-0.3, -0.25) is 0 Å². The zero-order valence-corrected chi connectivity index (χ0v) is 12.5. The van der Waals surface area contributed by atoms with E-state index in [1.807, 2.05) is 6.07 Å². The maximum absolute atomic E-state index is 12.2. The maximum atomic E-state index is 12.2. The fourth-order valence-corrected chi connectivity index (χ4v) is 2.46. The van der Waals surface area contributed by atoms with E-state index < -0.39 is 10.0 Å². The van der Waals surface area contributed by atoms with Crippen molar-refractivity contribution in [1.82, 2.24) is 4.31 Å². The Bertz CT molecular complexity index is 502. The molecule has 0 unspecified atom stereocenters. The number of hydrogen-bond donors (Lipinski definition) is 1. The number of para-hydroxylation sites is 1. The van der Waals surface area contributed by atoms with Crippen molar-refractivity contribution in [2.45, 2.75) is 25.7 Å². The summed E-state index contributed by atoms with van der Waals surface area (Å²) in [7, 11) is -0.329. The molecule has 0 saturated heterocycles. The van der Waals surface area contributed by atoms with Crippen molar-refractivity contribution >= 4 is 15.7 Å². The summed E-state index contributed by atoms with van der Waals surface area (Å²) in [6.07, 6.45) is 0. The molecule has 0 bridgehead atoms. The van der Waals surface area contributed by atoms with Gasteiger partial charge in [-0.25, -0.2) is 12.7 Å². The summed E-state index contributed by atoms with van der Waals surface area (Å²) in [5.41, 5.74) is 0.746. The molecular formula is C13H22N2O2S. The van der Waals surface area contributed by atoms with E-state index in [0.717, 1.165) is 0 Å². The predicted molar refractivity (Wildman–Crippen MR) is 75.3 cm³/mol. The van der Waals surface area contributed by atoms with Crippen LogP contribution in [-0.2, 0) is 10.0 Å². The molecule has 0 amide bonds. The van der Waals surface area contributed by atoms with Crippen LogP contribution in [-0.4, -0.2) is 33.4 Å². The molecule has 1 aromatic carbocycles. The summed E-state index contributed by atoms with van der Waals surface area (Å²) in [4.78, 5) is 0.319. The first-order valence-corrected chi connectivity index (χ1v) is 7.34. The first-order chi connectivity index (χ1) is 8.14. The quantitative estimate of drug-likeness (QED) is 0.914. The van der Waals surface area contributed by atoms with Gasteiger partial charge in [0.15, 0.2) is 0 Å². The van der Waals surface area contributed by atoms with E-state index >= 15 is 0 Å². The summed E-state index contributed by atoms with van der Waals surface area (Å²) in [5, 5.41) is 3.21. The van der Waals surface area contributed by atoms with Crippen molar-refractivity contribution in [3.8, 4) is 0 Å². The fraction of sp³-hybridized carbons (Fsp3) is 0.538. The lowest BCUT2D eigenvalue weighted by Gasteiger charge is -2.22. The van der Waals surface area contributed by atoms with Crippen molar-refractivity contribution in [3.05, 3.63) is 24.3 Å².